The van der Waals surface area contributed by atoms with E-state index < -0.39 is 0 Å². The zero-order chi connectivity index (χ0) is 18.2. The van der Waals surface area contributed by atoms with E-state index in [4.69, 9.17) is 9.47 Å². The Kier molecular flexibility index (Phi) is 6.86. The molecule has 1 fully saturated rings. The van der Waals surface area contributed by atoms with Crippen molar-refractivity contribution in [1.82, 2.24) is 10.6 Å². The third kappa shape index (κ3) is 5.44. The molecule has 1 aliphatic rings. The molecule has 2 N–H and O–H groups in total. The van der Waals surface area contributed by atoms with Gasteiger partial charge in [0, 0.05) is 6.54 Å². The van der Waals surface area contributed by atoms with Crippen molar-refractivity contribution in [2.75, 3.05) is 26.7 Å². The molecule has 4 nitrogen and oxygen atoms in total. The second kappa shape index (κ2) is 9.55. The first-order valence-corrected chi connectivity index (χ1v) is 9.20. The fourth-order valence-electron chi connectivity index (χ4n) is 3.19. The van der Waals surface area contributed by atoms with Crippen molar-refractivity contribution in [2.45, 2.75) is 26.0 Å². The van der Waals surface area contributed by atoms with E-state index in [1.165, 1.54) is 30.5 Å². The Hall–Kier alpha value is -2.11. The smallest absolute Gasteiger partial charge is 0.161 e. The maximum Gasteiger partial charge on any atom is 0.161 e. The van der Waals surface area contributed by atoms with Crippen LogP contribution in [-0.2, 0) is 13.2 Å². The van der Waals surface area contributed by atoms with Crippen LogP contribution in [0.4, 0.5) is 4.39 Å². The summed E-state index contributed by atoms with van der Waals surface area (Å²) in [6.07, 6.45) is 2.49. The van der Waals surface area contributed by atoms with Crippen molar-refractivity contribution in [1.29, 1.82) is 0 Å². The highest BCUT2D eigenvalue weighted by atomic mass is 19.1. The van der Waals surface area contributed by atoms with E-state index in [-0.39, 0.29) is 5.82 Å². The first-order chi connectivity index (χ1) is 12.7. The van der Waals surface area contributed by atoms with Crippen LogP contribution in [-0.4, -0.2) is 26.7 Å². The summed E-state index contributed by atoms with van der Waals surface area (Å²) in [5, 5.41) is 6.94. The summed E-state index contributed by atoms with van der Waals surface area (Å²) in [5.41, 5.74) is 2.09. The molecule has 0 spiro atoms. The van der Waals surface area contributed by atoms with Crippen LogP contribution >= 0.6 is 0 Å². The molecule has 3 rings (SSSR count). The Morgan fingerprint density at radius 3 is 2.50 bits per heavy atom. The summed E-state index contributed by atoms with van der Waals surface area (Å²) >= 11 is 0. The van der Waals surface area contributed by atoms with Crippen LogP contribution in [0.25, 0.3) is 0 Å². The molecular formula is C21H27FN2O2. The van der Waals surface area contributed by atoms with Crippen molar-refractivity contribution in [3.8, 4) is 11.5 Å². The van der Waals surface area contributed by atoms with E-state index in [9.17, 15) is 4.39 Å². The van der Waals surface area contributed by atoms with Crippen LogP contribution in [0.15, 0.2) is 42.5 Å². The lowest BCUT2D eigenvalue weighted by Gasteiger charge is -2.22. The highest BCUT2D eigenvalue weighted by Gasteiger charge is 2.12. The minimum atomic E-state index is -0.243. The van der Waals surface area contributed by atoms with Crippen molar-refractivity contribution >= 4 is 0 Å². The number of rotatable bonds is 8. The minimum Gasteiger partial charge on any atom is -0.493 e. The normalized spacial score (nSPS) is 15.0. The number of piperidine rings is 1. The molecule has 0 atom stereocenters. The summed E-state index contributed by atoms with van der Waals surface area (Å²) in [4.78, 5) is 0. The van der Waals surface area contributed by atoms with Gasteiger partial charge in [-0.2, -0.15) is 0 Å². The maximum absolute atomic E-state index is 13.0. The number of hydrogen-bond donors (Lipinski definition) is 2. The first kappa shape index (κ1) is 18.7. The predicted molar refractivity (Wildman–Crippen MR) is 101 cm³/mol. The van der Waals surface area contributed by atoms with Gasteiger partial charge < -0.3 is 20.1 Å². The molecule has 1 saturated heterocycles. The molecule has 2 aromatic carbocycles. The van der Waals surface area contributed by atoms with Gasteiger partial charge in [0.15, 0.2) is 11.5 Å². The molecule has 0 radical (unpaired) electrons. The van der Waals surface area contributed by atoms with Gasteiger partial charge >= 0.3 is 0 Å². The van der Waals surface area contributed by atoms with Gasteiger partial charge in [0.1, 0.15) is 12.4 Å². The fourth-order valence-corrected chi connectivity index (χ4v) is 3.19. The lowest BCUT2D eigenvalue weighted by Crippen LogP contribution is -2.33. The van der Waals surface area contributed by atoms with Gasteiger partial charge in [0.25, 0.3) is 0 Å². The van der Waals surface area contributed by atoms with Crippen LogP contribution in [0.3, 0.4) is 0 Å². The molecule has 0 aliphatic carbocycles. The van der Waals surface area contributed by atoms with Crippen LogP contribution in [0, 0.1) is 11.7 Å². The standard InChI is InChI=1S/C21H27FN2O2/c1-25-21-12-18(14-24-13-16-8-10-23-11-9-16)4-7-20(21)26-15-17-2-5-19(22)6-3-17/h2-7,12,16,23-24H,8-11,13-15H2,1H3. The van der Waals surface area contributed by atoms with Crippen molar-refractivity contribution in [2.24, 2.45) is 5.92 Å². The van der Waals surface area contributed by atoms with Crippen molar-refractivity contribution < 1.29 is 13.9 Å². The maximum atomic E-state index is 13.0. The Morgan fingerprint density at radius 1 is 1.04 bits per heavy atom. The SMILES string of the molecule is COc1cc(CNCC2CCNCC2)ccc1OCc1ccc(F)cc1. The van der Waals surface area contributed by atoms with Crippen LogP contribution in [0.5, 0.6) is 11.5 Å². The third-order valence-corrected chi connectivity index (χ3v) is 4.76. The average Bonchev–Trinajstić information content (AvgIpc) is 2.69. The number of ether oxygens (including phenoxy) is 2. The largest absolute Gasteiger partial charge is 0.493 e. The van der Waals surface area contributed by atoms with E-state index in [1.807, 2.05) is 12.1 Å². The molecule has 140 valence electrons. The van der Waals surface area contributed by atoms with Crippen molar-refractivity contribution in [3.63, 3.8) is 0 Å². The summed E-state index contributed by atoms with van der Waals surface area (Å²) in [6.45, 7) is 4.50. The molecule has 1 aliphatic heterocycles. The fraction of sp³-hybridized carbons (Fsp3) is 0.429. The van der Waals surface area contributed by atoms with E-state index in [0.29, 0.717) is 18.1 Å². The van der Waals surface area contributed by atoms with E-state index in [0.717, 1.165) is 37.7 Å². The molecule has 2 aromatic rings. The Morgan fingerprint density at radius 2 is 1.77 bits per heavy atom. The molecule has 0 amide bonds. The molecule has 5 heteroatoms. The Balaban J connectivity index is 1.52. The molecule has 1 heterocycles. The Labute approximate surface area is 154 Å². The molecule has 0 aromatic heterocycles. The molecule has 0 saturated carbocycles. The summed E-state index contributed by atoms with van der Waals surface area (Å²) < 4.78 is 24.3. The van der Waals surface area contributed by atoms with Crippen molar-refractivity contribution in [3.05, 3.63) is 59.4 Å². The highest BCUT2D eigenvalue weighted by molar-refractivity contribution is 5.43. The first-order valence-electron chi connectivity index (χ1n) is 9.20. The van der Waals surface area contributed by atoms with Gasteiger partial charge in [-0.3, -0.25) is 0 Å². The lowest BCUT2D eigenvalue weighted by atomic mass is 9.98. The van der Waals surface area contributed by atoms with E-state index in [1.54, 1.807) is 19.2 Å². The van der Waals surface area contributed by atoms with Gasteiger partial charge in [0.2, 0.25) is 0 Å². The number of nitrogens with one attached hydrogen (secondary N) is 2. The van der Waals surface area contributed by atoms with E-state index in [2.05, 4.69) is 16.7 Å². The zero-order valence-corrected chi connectivity index (χ0v) is 15.3. The summed E-state index contributed by atoms with van der Waals surface area (Å²) in [5.74, 6) is 1.93. The molecule has 0 unspecified atom stereocenters. The second-order valence-electron chi connectivity index (χ2n) is 6.72. The summed E-state index contributed by atoms with van der Waals surface area (Å²) in [6, 6.07) is 12.3. The quantitative estimate of drug-likeness (QED) is 0.758. The number of halogens is 1. The predicted octanol–water partition coefficient (Wildman–Crippen LogP) is 3.50. The van der Waals surface area contributed by atoms with E-state index >= 15 is 0 Å². The highest BCUT2D eigenvalue weighted by Crippen LogP contribution is 2.29. The van der Waals surface area contributed by atoms with Gasteiger partial charge in [-0.05, 0) is 73.8 Å². The average molecular weight is 358 g/mol. The summed E-state index contributed by atoms with van der Waals surface area (Å²) in [7, 11) is 1.65. The molecule has 0 bridgehead atoms. The zero-order valence-electron chi connectivity index (χ0n) is 15.3. The molecular weight excluding hydrogens is 331 g/mol. The van der Waals surface area contributed by atoms with Crippen LogP contribution in [0.1, 0.15) is 24.0 Å². The van der Waals surface area contributed by atoms with Gasteiger partial charge in [-0.15, -0.1) is 0 Å². The number of hydrogen-bond acceptors (Lipinski definition) is 4. The lowest BCUT2D eigenvalue weighted by molar-refractivity contribution is 0.284. The van der Waals surface area contributed by atoms with Crippen LogP contribution < -0.4 is 20.1 Å². The second-order valence-corrected chi connectivity index (χ2v) is 6.72. The number of benzene rings is 2. The number of methoxy groups -OCH3 is 1. The Bertz CT molecular complexity index is 685. The van der Waals surface area contributed by atoms with Gasteiger partial charge in [-0.25, -0.2) is 4.39 Å². The van der Waals surface area contributed by atoms with Gasteiger partial charge in [-0.1, -0.05) is 18.2 Å². The van der Waals surface area contributed by atoms with Gasteiger partial charge in [0.05, 0.1) is 7.11 Å². The monoisotopic (exact) mass is 358 g/mol. The third-order valence-electron chi connectivity index (χ3n) is 4.76. The minimum absolute atomic E-state index is 0.243. The molecule has 26 heavy (non-hydrogen) atoms. The van der Waals surface area contributed by atoms with Crippen LogP contribution in [0.2, 0.25) is 0 Å². The topological polar surface area (TPSA) is 42.5 Å².